The largest absolute Gasteiger partial charge is 0.248 e. The van der Waals surface area contributed by atoms with Crippen LogP contribution in [0.1, 0.15) is 11.3 Å². The number of rotatable bonds is 3. The maximum Gasteiger partial charge on any atom is 0.137 e. The number of aromatic nitrogens is 3. The third-order valence-electron chi connectivity index (χ3n) is 2.09. The molecule has 6 heteroatoms. The van der Waals surface area contributed by atoms with Crippen molar-refractivity contribution in [1.82, 2.24) is 15.0 Å². The van der Waals surface area contributed by atoms with Crippen molar-refractivity contribution in [3.63, 3.8) is 0 Å². The fraction of sp³-hybridized carbons (Fsp3) is 0.200. The van der Waals surface area contributed by atoms with E-state index in [1.807, 2.05) is 6.07 Å². The first-order valence-electron chi connectivity index (χ1n) is 4.58. The highest BCUT2D eigenvalue weighted by Crippen LogP contribution is 2.21. The zero-order valence-corrected chi connectivity index (χ0v) is 10.5. The summed E-state index contributed by atoms with van der Waals surface area (Å²) in [7, 11) is 0. The maximum atomic E-state index is 13.2. The van der Waals surface area contributed by atoms with E-state index in [2.05, 4.69) is 26.2 Å². The second-order valence-electron chi connectivity index (χ2n) is 3.25. The molecule has 0 fully saturated rings. The Morgan fingerprint density at radius 2 is 2.25 bits per heavy atom. The molecule has 0 N–H and O–H groups in total. The normalized spacial score (nSPS) is 10.7. The number of nitrogens with zero attached hydrogens (tertiary/aromatic N) is 3. The highest BCUT2D eigenvalue weighted by molar-refractivity contribution is 9.10. The van der Waals surface area contributed by atoms with Crippen molar-refractivity contribution < 1.29 is 4.39 Å². The van der Waals surface area contributed by atoms with Gasteiger partial charge in [0, 0.05) is 0 Å². The van der Waals surface area contributed by atoms with Gasteiger partial charge in [-0.05, 0) is 27.6 Å². The topological polar surface area (TPSA) is 30.7 Å². The molecular formula is C10H8BrClFN3. The summed E-state index contributed by atoms with van der Waals surface area (Å²) < 4.78 is 15.3. The molecule has 0 unspecified atom stereocenters. The quantitative estimate of drug-likeness (QED) is 0.816. The Balaban J connectivity index is 2.23. The van der Waals surface area contributed by atoms with E-state index < -0.39 is 0 Å². The second-order valence-corrected chi connectivity index (χ2v) is 4.31. The molecule has 2 rings (SSSR count). The highest BCUT2D eigenvalue weighted by Gasteiger charge is 2.07. The van der Waals surface area contributed by atoms with Crippen LogP contribution in [0.2, 0.25) is 0 Å². The Labute approximate surface area is 105 Å². The molecule has 0 spiro atoms. The minimum absolute atomic E-state index is 0.282. The van der Waals surface area contributed by atoms with E-state index in [-0.39, 0.29) is 5.82 Å². The predicted octanol–water partition coefficient (Wildman–Crippen LogP) is 2.97. The lowest BCUT2D eigenvalue weighted by Gasteiger charge is -2.04. The lowest BCUT2D eigenvalue weighted by atomic mass is 10.2. The monoisotopic (exact) mass is 303 g/mol. The molecule has 0 aliphatic rings. The Bertz CT molecular complexity index is 501. The smallest absolute Gasteiger partial charge is 0.137 e. The standard InChI is InChI=1S/C10H8BrClFN3/c11-10-7(2-1-3-9(10)13)5-16-6-8(4-12)14-15-16/h1-3,6H,4-5H2. The van der Waals surface area contributed by atoms with Gasteiger partial charge >= 0.3 is 0 Å². The molecule has 3 nitrogen and oxygen atoms in total. The van der Waals surface area contributed by atoms with Gasteiger partial charge in [0.2, 0.25) is 0 Å². The molecule has 0 saturated heterocycles. The highest BCUT2D eigenvalue weighted by atomic mass is 79.9. The molecule has 16 heavy (non-hydrogen) atoms. The summed E-state index contributed by atoms with van der Waals surface area (Å²) in [4.78, 5) is 0. The molecule has 0 aliphatic heterocycles. The summed E-state index contributed by atoms with van der Waals surface area (Å²) in [5.41, 5.74) is 1.51. The minimum atomic E-state index is -0.282. The van der Waals surface area contributed by atoms with Gasteiger partial charge in [0.05, 0.1) is 28.8 Å². The molecule has 2 aromatic rings. The number of halogens is 3. The van der Waals surface area contributed by atoms with Gasteiger partial charge in [-0.2, -0.15) is 0 Å². The summed E-state index contributed by atoms with van der Waals surface area (Å²) >= 11 is 8.81. The van der Waals surface area contributed by atoms with Crippen molar-refractivity contribution in [3.05, 3.63) is 45.9 Å². The molecule has 0 bridgehead atoms. The van der Waals surface area contributed by atoms with Crippen LogP contribution in [-0.2, 0) is 12.4 Å². The fourth-order valence-corrected chi connectivity index (χ4v) is 1.83. The van der Waals surface area contributed by atoms with E-state index >= 15 is 0 Å². The first-order valence-corrected chi connectivity index (χ1v) is 5.91. The van der Waals surface area contributed by atoms with Crippen molar-refractivity contribution in [3.8, 4) is 0 Å². The predicted molar refractivity (Wildman–Crippen MR) is 62.8 cm³/mol. The van der Waals surface area contributed by atoms with Crippen LogP contribution in [0.4, 0.5) is 4.39 Å². The number of hydrogen-bond acceptors (Lipinski definition) is 2. The van der Waals surface area contributed by atoms with Crippen molar-refractivity contribution in [2.75, 3.05) is 0 Å². The zero-order chi connectivity index (χ0) is 11.5. The van der Waals surface area contributed by atoms with E-state index in [1.54, 1.807) is 16.9 Å². The number of hydrogen-bond donors (Lipinski definition) is 0. The molecule has 0 saturated carbocycles. The van der Waals surface area contributed by atoms with Crippen LogP contribution in [0.15, 0.2) is 28.9 Å². The van der Waals surface area contributed by atoms with E-state index in [4.69, 9.17) is 11.6 Å². The van der Waals surface area contributed by atoms with Crippen molar-refractivity contribution in [2.24, 2.45) is 0 Å². The van der Waals surface area contributed by atoms with Crippen LogP contribution in [-0.4, -0.2) is 15.0 Å². The summed E-state index contributed by atoms with van der Waals surface area (Å²) in [5.74, 6) is 0.0415. The minimum Gasteiger partial charge on any atom is -0.248 e. The zero-order valence-electron chi connectivity index (χ0n) is 8.20. The average molecular weight is 305 g/mol. The average Bonchev–Trinajstić information content (AvgIpc) is 2.73. The Morgan fingerprint density at radius 3 is 2.94 bits per heavy atom. The van der Waals surface area contributed by atoms with Gasteiger partial charge in [0.25, 0.3) is 0 Å². The van der Waals surface area contributed by atoms with Crippen LogP contribution in [0, 0.1) is 5.82 Å². The lowest BCUT2D eigenvalue weighted by Crippen LogP contribution is -2.02. The van der Waals surface area contributed by atoms with Crippen LogP contribution >= 0.6 is 27.5 Å². The van der Waals surface area contributed by atoms with Gasteiger partial charge in [0.1, 0.15) is 5.82 Å². The van der Waals surface area contributed by atoms with Crippen LogP contribution in [0.5, 0.6) is 0 Å². The Hall–Kier alpha value is -0.940. The summed E-state index contributed by atoms with van der Waals surface area (Å²) in [6.45, 7) is 0.461. The first kappa shape index (κ1) is 11.5. The Morgan fingerprint density at radius 1 is 1.44 bits per heavy atom. The molecule has 0 radical (unpaired) electrons. The van der Waals surface area contributed by atoms with Crippen molar-refractivity contribution >= 4 is 27.5 Å². The second kappa shape index (κ2) is 4.93. The van der Waals surface area contributed by atoms with E-state index in [0.29, 0.717) is 22.6 Å². The SMILES string of the molecule is Fc1cccc(Cn2cc(CCl)nn2)c1Br. The molecule has 0 amide bonds. The number of benzene rings is 1. The first-order chi connectivity index (χ1) is 7.70. The molecule has 1 heterocycles. The van der Waals surface area contributed by atoms with Gasteiger partial charge in [-0.15, -0.1) is 16.7 Å². The fourth-order valence-electron chi connectivity index (χ4n) is 1.32. The molecule has 0 atom stereocenters. The third kappa shape index (κ3) is 2.41. The molecule has 84 valence electrons. The Kier molecular flexibility index (Phi) is 3.56. The van der Waals surface area contributed by atoms with Gasteiger partial charge in [-0.25, -0.2) is 9.07 Å². The van der Waals surface area contributed by atoms with Crippen LogP contribution < -0.4 is 0 Å². The summed E-state index contributed by atoms with van der Waals surface area (Å²) in [6, 6.07) is 4.89. The van der Waals surface area contributed by atoms with Gasteiger partial charge in [0.15, 0.2) is 0 Å². The van der Waals surface area contributed by atoms with Crippen LogP contribution in [0.3, 0.4) is 0 Å². The third-order valence-corrected chi connectivity index (χ3v) is 3.25. The van der Waals surface area contributed by atoms with E-state index in [0.717, 1.165) is 5.56 Å². The summed E-state index contributed by atoms with van der Waals surface area (Å²) in [6.07, 6.45) is 1.74. The maximum absolute atomic E-state index is 13.2. The van der Waals surface area contributed by atoms with Gasteiger partial charge < -0.3 is 0 Å². The molecule has 1 aromatic heterocycles. The van der Waals surface area contributed by atoms with Crippen molar-refractivity contribution in [2.45, 2.75) is 12.4 Å². The summed E-state index contributed by atoms with van der Waals surface area (Å²) in [5, 5.41) is 7.75. The lowest BCUT2D eigenvalue weighted by molar-refractivity contribution is 0.606. The molecular weight excluding hydrogens is 296 g/mol. The van der Waals surface area contributed by atoms with Crippen LogP contribution in [0.25, 0.3) is 0 Å². The molecule has 0 aliphatic carbocycles. The molecule has 1 aromatic carbocycles. The van der Waals surface area contributed by atoms with Gasteiger partial charge in [-0.1, -0.05) is 17.3 Å². The number of alkyl halides is 1. The van der Waals surface area contributed by atoms with Gasteiger partial charge in [-0.3, -0.25) is 0 Å². The van der Waals surface area contributed by atoms with E-state index in [1.165, 1.54) is 6.07 Å². The van der Waals surface area contributed by atoms with E-state index in [9.17, 15) is 4.39 Å². The van der Waals surface area contributed by atoms with Crippen molar-refractivity contribution in [1.29, 1.82) is 0 Å².